The van der Waals surface area contributed by atoms with E-state index < -0.39 is 8.03 Å². The SMILES string of the molecule is CC(Cc1cccc(Br)n1)[P+](=O)O. The molecule has 0 aromatic carbocycles. The van der Waals surface area contributed by atoms with Gasteiger partial charge in [0, 0.05) is 12.1 Å². The summed E-state index contributed by atoms with van der Waals surface area (Å²) in [6.07, 6.45) is 0.533. The van der Waals surface area contributed by atoms with Gasteiger partial charge in [0.1, 0.15) is 4.60 Å². The smallest absolute Gasteiger partial charge is 0.246 e. The normalized spacial score (nSPS) is 13.9. The summed E-state index contributed by atoms with van der Waals surface area (Å²) >= 11 is 3.24. The van der Waals surface area contributed by atoms with Crippen LogP contribution in [0.2, 0.25) is 0 Å². The Bertz CT molecular complexity index is 319. The van der Waals surface area contributed by atoms with Gasteiger partial charge in [-0.3, -0.25) is 0 Å². The first kappa shape index (κ1) is 10.8. The molecule has 1 aromatic rings. The third-order valence-corrected chi connectivity index (χ3v) is 3.03. The van der Waals surface area contributed by atoms with E-state index in [9.17, 15) is 4.57 Å². The van der Waals surface area contributed by atoms with Crippen LogP contribution < -0.4 is 0 Å². The molecule has 0 radical (unpaired) electrons. The Morgan fingerprint density at radius 3 is 2.92 bits per heavy atom. The summed E-state index contributed by atoms with van der Waals surface area (Å²) in [4.78, 5) is 13.0. The van der Waals surface area contributed by atoms with Gasteiger partial charge in [0.15, 0.2) is 5.66 Å². The second-order valence-electron chi connectivity index (χ2n) is 2.81. The summed E-state index contributed by atoms with van der Waals surface area (Å²) in [5.74, 6) is 0. The Morgan fingerprint density at radius 2 is 2.38 bits per heavy atom. The molecule has 0 aliphatic carbocycles. The molecule has 13 heavy (non-hydrogen) atoms. The number of hydrogen-bond donors (Lipinski definition) is 1. The molecule has 1 N–H and O–H groups in total. The number of halogens is 1. The average Bonchev–Trinajstić information content (AvgIpc) is 2.04. The molecule has 5 heteroatoms. The van der Waals surface area contributed by atoms with Crippen molar-refractivity contribution in [3.63, 3.8) is 0 Å². The lowest BCUT2D eigenvalue weighted by Crippen LogP contribution is -2.02. The molecule has 0 saturated carbocycles. The molecule has 1 rings (SSSR count). The molecule has 0 aliphatic rings. The summed E-state index contributed by atoms with van der Waals surface area (Å²) in [5, 5.41) is 0. The summed E-state index contributed by atoms with van der Waals surface area (Å²) in [6.45, 7) is 1.74. The molecule has 0 bridgehead atoms. The van der Waals surface area contributed by atoms with Gasteiger partial charge in [0.05, 0.1) is 0 Å². The van der Waals surface area contributed by atoms with Gasteiger partial charge in [-0.15, -0.1) is 0 Å². The second kappa shape index (κ2) is 4.80. The molecule has 1 heterocycles. The van der Waals surface area contributed by atoms with Crippen LogP contribution in [-0.2, 0) is 11.0 Å². The molecular formula is C8H10BrNO2P+. The first-order valence-corrected chi connectivity index (χ1v) is 5.93. The molecule has 0 amide bonds. The lowest BCUT2D eigenvalue weighted by Gasteiger charge is -1.98. The standard InChI is InChI=1S/C8H9BrNO2P/c1-6(13(11)12)5-7-3-2-4-8(9)10-7/h2-4,6H,5H2,1H3/p+1. The van der Waals surface area contributed by atoms with Crippen molar-refractivity contribution in [1.29, 1.82) is 0 Å². The van der Waals surface area contributed by atoms with Gasteiger partial charge in [0.25, 0.3) is 0 Å². The summed E-state index contributed by atoms with van der Waals surface area (Å²) < 4.78 is 11.5. The van der Waals surface area contributed by atoms with Crippen molar-refractivity contribution < 1.29 is 9.46 Å². The highest BCUT2D eigenvalue weighted by Gasteiger charge is 2.23. The summed E-state index contributed by atoms with van der Waals surface area (Å²) in [6, 6.07) is 5.54. The Morgan fingerprint density at radius 1 is 1.69 bits per heavy atom. The van der Waals surface area contributed by atoms with E-state index in [1.165, 1.54) is 0 Å². The van der Waals surface area contributed by atoms with E-state index in [-0.39, 0.29) is 5.66 Å². The number of rotatable bonds is 3. The van der Waals surface area contributed by atoms with Crippen LogP contribution in [0.1, 0.15) is 12.6 Å². The predicted octanol–water partition coefficient (Wildman–Crippen LogP) is 2.51. The Balaban J connectivity index is 2.69. The van der Waals surface area contributed by atoms with Crippen LogP contribution in [0.4, 0.5) is 0 Å². The Hall–Kier alpha value is -0.310. The van der Waals surface area contributed by atoms with Gasteiger partial charge in [-0.05, 0) is 39.6 Å². The fraction of sp³-hybridized carbons (Fsp3) is 0.375. The molecule has 0 saturated heterocycles. The van der Waals surface area contributed by atoms with E-state index in [1.54, 1.807) is 6.92 Å². The van der Waals surface area contributed by atoms with Crippen LogP contribution in [0.5, 0.6) is 0 Å². The highest BCUT2D eigenvalue weighted by Crippen LogP contribution is 2.24. The molecule has 3 nitrogen and oxygen atoms in total. The fourth-order valence-electron chi connectivity index (χ4n) is 0.945. The zero-order valence-corrected chi connectivity index (χ0v) is 9.62. The number of nitrogens with zero attached hydrogens (tertiary/aromatic N) is 1. The van der Waals surface area contributed by atoms with E-state index >= 15 is 0 Å². The van der Waals surface area contributed by atoms with Gasteiger partial charge in [-0.25, -0.2) is 4.98 Å². The molecule has 0 fully saturated rings. The fourth-order valence-corrected chi connectivity index (χ4v) is 1.67. The minimum atomic E-state index is -2.10. The third-order valence-electron chi connectivity index (χ3n) is 1.65. The van der Waals surface area contributed by atoms with Crippen molar-refractivity contribution in [1.82, 2.24) is 4.98 Å². The molecule has 0 spiro atoms. The van der Waals surface area contributed by atoms with E-state index in [2.05, 4.69) is 20.9 Å². The maximum absolute atomic E-state index is 10.7. The van der Waals surface area contributed by atoms with Gasteiger partial charge in [-0.2, -0.15) is 4.89 Å². The predicted molar refractivity (Wildman–Crippen MR) is 54.9 cm³/mol. The number of hydrogen-bond acceptors (Lipinski definition) is 2. The molecule has 70 valence electrons. The largest absolute Gasteiger partial charge is 0.508 e. The van der Waals surface area contributed by atoms with Gasteiger partial charge in [-0.1, -0.05) is 6.07 Å². The maximum atomic E-state index is 10.7. The van der Waals surface area contributed by atoms with Crippen LogP contribution in [0, 0.1) is 0 Å². The summed E-state index contributed by atoms with van der Waals surface area (Å²) in [7, 11) is -2.10. The Labute approximate surface area is 86.2 Å². The lowest BCUT2D eigenvalue weighted by atomic mass is 10.2. The highest BCUT2D eigenvalue weighted by atomic mass is 79.9. The lowest BCUT2D eigenvalue weighted by molar-refractivity contribution is 0.490. The van der Waals surface area contributed by atoms with Gasteiger partial charge >= 0.3 is 8.03 Å². The molecule has 2 atom stereocenters. The molecular weight excluding hydrogens is 253 g/mol. The first-order valence-electron chi connectivity index (χ1n) is 3.86. The van der Waals surface area contributed by atoms with E-state index in [0.29, 0.717) is 6.42 Å². The van der Waals surface area contributed by atoms with Crippen LogP contribution in [-0.4, -0.2) is 15.5 Å². The van der Waals surface area contributed by atoms with E-state index in [4.69, 9.17) is 4.89 Å². The van der Waals surface area contributed by atoms with Crippen LogP contribution in [0.15, 0.2) is 22.8 Å². The van der Waals surface area contributed by atoms with E-state index in [0.717, 1.165) is 10.3 Å². The van der Waals surface area contributed by atoms with Crippen molar-refractivity contribution in [3.8, 4) is 0 Å². The maximum Gasteiger partial charge on any atom is 0.508 e. The first-order chi connectivity index (χ1) is 6.09. The minimum absolute atomic E-state index is 0.239. The van der Waals surface area contributed by atoms with Crippen molar-refractivity contribution >= 4 is 24.0 Å². The van der Waals surface area contributed by atoms with Crippen LogP contribution >= 0.6 is 24.0 Å². The van der Waals surface area contributed by atoms with Crippen molar-refractivity contribution in [2.75, 3.05) is 0 Å². The van der Waals surface area contributed by atoms with Crippen LogP contribution in [0.25, 0.3) is 0 Å². The van der Waals surface area contributed by atoms with E-state index in [1.807, 2.05) is 18.2 Å². The average molecular weight is 263 g/mol. The third kappa shape index (κ3) is 3.51. The summed E-state index contributed by atoms with van der Waals surface area (Å²) in [5.41, 5.74) is 0.594. The molecule has 0 aliphatic heterocycles. The zero-order valence-electron chi connectivity index (χ0n) is 7.14. The Kier molecular flexibility index (Phi) is 3.97. The molecule has 2 unspecified atom stereocenters. The van der Waals surface area contributed by atoms with Gasteiger partial charge < -0.3 is 0 Å². The van der Waals surface area contributed by atoms with Crippen molar-refractivity contribution in [3.05, 3.63) is 28.5 Å². The van der Waals surface area contributed by atoms with Crippen molar-refractivity contribution in [2.45, 2.75) is 19.0 Å². The van der Waals surface area contributed by atoms with Gasteiger partial charge in [0.2, 0.25) is 0 Å². The second-order valence-corrected chi connectivity index (χ2v) is 5.11. The number of pyridine rings is 1. The highest BCUT2D eigenvalue weighted by molar-refractivity contribution is 9.10. The molecule has 1 aromatic heterocycles. The number of aromatic nitrogens is 1. The topological polar surface area (TPSA) is 50.2 Å². The minimum Gasteiger partial charge on any atom is -0.246 e. The van der Waals surface area contributed by atoms with Crippen LogP contribution in [0.3, 0.4) is 0 Å². The monoisotopic (exact) mass is 262 g/mol. The zero-order chi connectivity index (χ0) is 9.84. The quantitative estimate of drug-likeness (QED) is 0.673. The van der Waals surface area contributed by atoms with Crippen molar-refractivity contribution in [2.24, 2.45) is 0 Å².